The van der Waals surface area contributed by atoms with Gasteiger partial charge >= 0.3 is 5.97 Å². The van der Waals surface area contributed by atoms with E-state index in [1.165, 1.54) is 13.0 Å². The van der Waals surface area contributed by atoms with Gasteiger partial charge in [0.05, 0.1) is 5.92 Å². The molecule has 2 rings (SSSR count). The van der Waals surface area contributed by atoms with Crippen LogP contribution in [0.15, 0.2) is 36.4 Å². The van der Waals surface area contributed by atoms with Gasteiger partial charge in [-0.15, -0.1) is 0 Å². The van der Waals surface area contributed by atoms with Crippen molar-refractivity contribution in [2.24, 2.45) is 5.92 Å². The molecule has 5 heteroatoms. The molecular weight excluding hydrogens is 258 g/mol. The number of rotatable bonds is 3. The lowest BCUT2D eigenvalue weighted by Gasteiger charge is -2.41. The topological polar surface area (TPSA) is 63.7 Å². The minimum atomic E-state index is -0.798. The van der Waals surface area contributed by atoms with Crippen molar-refractivity contribution in [3.8, 4) is 0 Å². The van der Waals surface area contributed by atoms with E-state index in [0.29, 0.717) is 0 Å². The van der Waals surface area contributed by atoms with Gasteiger partial charge in [-0.25, -0.2) is 4.90 Å². The molecule has 1 aromatic rings. The summed E-state index contributed by atoms with van der Waals surface area (Å²) in [6.45, 7) is 2.87. The van der Waals surface area contributed by atoms with Crippen molar-refractivity contribution in [3.63, 3.8) is 0 Å². The molecule has 0 aromatic heterocycles. The van der Waals surface area contributed by atoms with E-state index in [2.05, 4.69) is 0 Å². The first-order valence-electron chi connectivity index (χ1n) is 6.28. The van der Waals surface area contributed by atoms with E-state index in [-0.39, 0.29) is 5.91 Å². The first kappa shape index (κ1) is 14.0. The molecule has 104 valence electrons. The maximum Gasteiger partial charge on any atom is 0.304 e. The van der Waals surface area contributed by atoms with E-state index < -0.39 is 24.0 Å². The molecule has 0 unspecified atom stereocenters. The fourth-order valence-electron chi connectivity index (χ4n) is 1.98. The van der Waals surface area contributed by atoms with Crippen LogP contribution < -0.4 is 0 Å². The average molecular weight is 273 g/mol. The zero-order chi connectivity index (χ0) is 14.7. The highest BCUT2D eigenvalue weighted by molar-refractivity contribution is 6.07. The number of β-lactam (4-membered cyclic amide) rings is 1. The molecule has 5 nitrogen and oxygen atoms in total. The summed E-state index contributed by atoms with van der Waals surface area (Å²) in [5, 5.41) is 0. The van der Waals surface area contributed by atoms with Crippen molar-refractivity contribution >= 4 is 23.9 Å². The van der Waals surface area contributed by atoms with Gasteiger partial charge in [-0.3, -0.25) is 14.4 Å². The largest absolute Gasteiger partial charge is 0.440 e. The fourth-order valence-corrected chi connectivity index (χ4v) is 1.98. The number of carbonyl (C=O) groups excluding carboxylic acids is 3. The smallest absolute Gasteiger partial charge is 0.304 e. The third-order valence-corrected chi connectivity index (χ3v) is 3.05. The molecule has 1 saturated heterocycles. The lowest BCUT2D eigenvalue weighted by molar-refractivity contribution is -0.196. The number of hydrogen-bond donors (Lipinski definition) is 0. The second-order valence-electron chi connectivity index (χ2n) is 4.58. The van der Waals surface area contributed by atoms with Gasteiger partial charge in [0.25, 0.3) is 5.91 Å². The van der Waals surface area contributed by atoms with Crippen LogP contribution in [0.4, 0.5) is 0 Å². The Morgan fingerprint density at radius 3 is 2.50 bits per heavy atom. The van der Waals surface area contributed by atoms with Gasteiger partial charge in [0.2, 0.25) is 5.91 Å². The molecule has 1 aliphatic rings. The van der Waals surface area contributed by atoms with E-state index in [1.807, 2.05) is 30.3 Å². The second-order valence-corrected chi connectivity index (χ2v) is 4.58. The molecule has 0 N–H and O–H groups in total. The molecular formula is C15H15NO4. The summed E-state index contributed by atoms with van der Waals surface area (Å²) in [6, 6.07) is 9.25. The SMILES string of the molecule is CC(=O)O[C@H]1[C@H](C)C(=O)N1C(=O)/C=C/c1ccccc1. The normalized spacial score (nSPS) is 21.7. The van der Waals surface area contributed by atoms with Crippen molar-refractivity contribution in [1.82, 2.24) is 4.90 Å². The fraction of sp³-hybridized carbons (Fsp3) is 0.267. The second kappa shape index (κ2) is 5.69. The Bertz CT molecular complexity index is 564. The Morgan fingerprint density at radius 2 is 1.90 bits per heavy atom. The van der Waals surface area contributed by atoms with Crippen LogP contribution in [0, 0.1) is 5.92 Å². The van der Waals surface area contributed by atoms with Gasteiger partial charge in [-0.2, -0.15) is 0 Å². The van der Waals surface area contributed by atoms with Crippen molar-refractivity contribution in [2.75, 3.05) is 0 Å². The standard InChI is InChI=1S/C15H15NO4/c1-10-14(19)16(15(10)20-11(2)17)13(18)9-8-12-6-4-3-5-7-12/h3-10,15H,1-2H3/b9-8+/t10-,15+/m1/s1. The van der Waals surface area contributed by atoms with E-state index in [0.717, 1.165) is 10.5 Å². The minimum Gasteiger partial charge on any atom is -0.440 e. The molecule has 20 heavy (non-hydrogen) atoms. The van der Waals surface area contributed by atoms with E-state index in [1.54, 1.807) is 13.0 Å². The maximum atomic E-state index is 12.0. The third kappa shape index (κ3) is 2.77. The predicted molar refractivity (Wildman–Crippen MR) is 72.0 cm³/mol. The number of likely N-dealkylation sites (tertiary alicyclic amines) is 1. The van der Waals surface area contributed by atoms with Crippen LogP contribution in [0.25, 0.3) is 6.08 Å². The molecule has 2 amide bonds. The molecule has 0 spiro atoms. The van der Waals surface area contributed by atoms with Crippen molar-refractivity contribution < 1.29 is 19.1 Å². The number of amides is 2. The Labute approximate surface area is 116 Å². The lowest BCUT2D eigenvalue weighted by Crippen LogP contribution is -2.63. The predicted octanol–water partition coefficient (Wildman–Crippen LogP) is 1.59. The lowest BCUT2D eigenvalue weighted by atomic mass is 9.97. The number of imide groups is 1. The van der Waals surface area contributed by atoms with E-state index in [9.17, 15) is 14.4 Å². The van der Waals surface area contributed by atoms with Crippen molar-refractivity contribution in [1.29, 1.82) is 0 Å². The molecule has 0 radical (unpaired) electrons. The van der Waals surface area contributed by atoms with Gasteiger partial charge in [-0.05, 0) is 18.6 Å². The zero-order valence-corrected chi connectivity index (χ0v) is 11.3. The minimum absolute atomic E-state index is 0.334. The first-order chi connectivity index (χ1) is 9.50. The molecule has 0 saturated carbocycles. The van der Waals surface area contributed by atoms with E-state index >= 15 is 0 Å². The number of hydrogen-bond acceptors (Lipinski definition) is 4. The molecule has 0 bridgehead atoms. The van der Waals surface area contributed by atoms with Crippen LogP contribution in [0.3, 0.4) is 0 Å². The maximum absolute atomic E-state index is 12.0. The number of carbonyl (C=O) groups is 3. The molecule has 0 aliphatic carbocycles. The van der Waals surface area contributed by atoms with Gasteiger partial charge in [0, 0.05) is 13.0 Å². The molecule has 2 atom stereocenters. The summed E-state index contributed by atoms with van der Waals surface area (Å²) in [5.41, 5.74) is 0.853. The highest BCUT2D eigenvalue weighted by Crippen LogP contribution is 2.27. The zero-order valence-electron chi connectivity index (χ0n) is 11.3. The molecule has 1 heterocycles. The highest BCUT2D eigenvalue weighted by atomic mass is 16.6. The monoisotopic (exact) mass is 273 g/mol. The number of benzene rings is 1. The summed E-state index contributed by atoms with van der Waals surface area (Å²) in [5.74, 6) is -1.81. The third-order valence-electron chi connectivity index (χ3n) is 3.05. The van der Waals surface area contributed by atoms with Crippen LogP contribution in [0.1, 0.15) is 19.4 Å². The number of ether oxygens (including phenoxy) is 1. The van der Waals surface area contributed by atoms with Crippen LogP contribution in [0.2, 0.25) is 0 Å². The van der Waals surface area contributed by atoms with Gasteiger partial charge in [0.15, 0.2) is 6.23 Å². The molecule has 1 aromatic carbocycles. The Balaban J connectivity index is 2.06. The van der Waals surface area contributed by atoms with Gasteiger partial charge < -0.3 is 4.74 Å². The summed E-state index contributed by atoms with van der Waals surface area (Å²) in [4.78, 5) is 35.6. The summed E-state index contributed by atoms with van der Waals surface area (Å²) < 4.78 is 4.97. The average Bonchev–Trinajstić information content (AvgIpc) is 2.45. The molecule has 1 aliphatic heterocycles. The Morgan fingerprint density at radius 1 is 1.25 bits per heavy atom. The summed E-state index contributed by atoms with van der Waals surface area (Å²) >= 11 is 0. The van der Waals surface area contributed by atoms with Gasteiger partial charge in [0.1, 0.15) is 0 Å². The number of nitrogens with zero attached hydrogens (tertiary/aromatic N) is 1. The van der Waals surface area contributed by atoms with Gasteiger partial charge in [-0.1, -0.05) is 30.3 Å². The van der Waals surface area contributed by atoms with Crippen LogP contribution >= 0.6 is 0 Å². The van der Waals surface area contributed by atoms with Crippen LogP contribution in [-0.4, -0.2) is 28.9 Å². The number of esters is 1. The summed E-state index contributed by atoms with van der Waals surface area (Å²) in [7, 11) is 0. The van der Waals surface area contributed by atoms with Crippen molar-refractivity contribution in [2.45, 2.75) is 20.1 Å². The van der Waals surface area contributed by atoms with Crippen LogP contribution in [-0.2, 0) is 19.1 Å². The quantitative estimate of drug-likeness (QED) is 0.476. The Hall–Kier alpha value is -2.43. The van der Waals surface area contributed by atoms with Crippen molar-refractivity contribution in [3.05, 3.63) is 42.0 Å². The highest BCUT2D eigenvalue weighted by Gasteiger charge is 2.49. The Kier molecular flexibility index (Phi) is 3.98. The molecule has 1 fully saturated rings. The van der Waals surface area contributed by atoms with Crippen LogP contribution in [0.5, 0.6) is 0 Å². The van der Waals surface area contributed by atoms with E-state index in [4.69, 9.17) is 4.74 Å². The summed E-state index contributed by atoms with van der Waals surface area (Å²) in [6.07, 6.45) is 2.12. The first-order valence-corrected chi connectivity index (χ1v) is 6.28.